The van der Waals surface area contributed by atoms with E-state index < -0.39 is 0 Å². The molecule has 0 bridgehead atoms. The standard InChI is InChI=1S/C21H17FN4O/c22-18-6-4-15(5-7-18)8-10-24-20-13-17(9-11-25-20)21(27)26-19-3-1-2-16(12-19)14-23/h1-7,9,11-13H,8,10H2,(H,24,25)(H,26,27). The Morgan fingerprint density at radius 2 is 1.93 bits per heavy atom. The molecule has 0 saturated carbocycles. The van der Waals surface area contributed by atoms with Gasteiger partial charge in [-0.25, -0.2) is 9.37 Å². The molecule has 0 aliphatic heterocycles. The number of carbonyl (C=O) groups is 1. The second-order valence-corrected chi connectivity index (χ2v) is 5.88. The van der Waals surface area contributed by atoms with Crippen molar-refractivity contribution in [3.8, 4) is 6.07 Å². The van der Waals surface area contributed by atoms with Crippen LogP contribution in [0, 0.1) is 17.1 Å². The topological polar surface area (TPSA) is 77.8 Å². The second-order valence-electron chi connectivity index (χ2n) is 5.88. The average Bonchev–Trinajstić information content (AvgIpc) is 2.70. The van der Waals surface area contributed by atoms with E-state index in [2.05, 4.69) is 15.6 Å². The van der Waals surface area contributed by atoms with E-state index in [1.165, 1.54) is 12.1 Å². The number of nitrogens with one attached hydrogen (secondary N) is 2. The van der Waals surface area contributed by atoms with Crippen molar-refractivity contribution in [1.29, 1.82) is 5.26 Å². The van der Waals surface area contributed by atoms with E-state index in [0.717, 1.165) is 5.56 Å². The van der Waals surface area contributed by atoms with Crippen molar-refractivity contribution in [2.45, 2.75) is 6.42 Å². The molecule has 5 nitrogen and oxygen atoms in total. The van der Waals surface area contributed by atoms with Gasteiger partial charge in [0.1, 0.15) is 11.6 Å². The molecule has 0 atom stereocenters. The van der Waals surface area contributed by atoms with Crippen molar-refractivity contribution in [3.63, 3.8) is 0 Å². The van der Waals surface area contributed by atoms with Gasteiger partial charge in [0.05, 0.1) is 11.6 Å². The Labute approximate surface area is 156 Å². The fourth-order valence-electron chi connectivity index (χ4n) is 2.52. The number of anilines is 2. The first-order chi connectivity index (χ1) is 13.1. The molecule has 3 aromatic rings. The van der Waals surface area contributed by atoms with Crippen molar-refractivity contribution in [2.24, 2.45) is 0 Å². The van der Waals surface area contributed by atoms with Gasteiger partial charge in [0.2, 0.25) is 0 Å². The molecule has 0 unspecified atom stereocenters. The van der Waals surface area contributed by atoms with Crippen molar-refractivity contribution < 1.29 is 9.18 Å². The zero-order valence-electron chi connectivity index (χ0n) is 14.4. The quantitative estimate of drug-likeness (QED) is 0.696. The van der Waals surface area contributed by atoms with Gasteiger partial charge >= 0.3 is 0 Å². The summed E-state index contributed by atoms with van der Waals surface area (Å²) in [6.07, 6.45) is 2.26. The molecule has 2 aromatic carbocycles. The highest BCUT2D eigenvalue weighted by Gasteiger charge is 2.08. The van der Waals surface area contributed by atoms with Gasteiger partial charge in [0.25, 0.3) is 5.91 Å². The van der Waals surface area contributed by atoms with Gasteiger partial charge in [-0.2, -0.15) is 5.26 Å². The first-order valence-corrected chi connectivity index (χ1v) is 8.40. The Morgan fingerprint density at radius 3 is 2.70 bits per heavy atom. The van der Waals surface area contributed by atoms with Crippen LogP contribution in [0.15, 0.2) is 66.9 Å². The number of hydrogen-bond acceptors (Lipinski definition) is 4. The molecule has 0 spiro atoms. The van der Waals surface area contributed by atoms with Gasteiger partial charge < -0.3 is 10.6 Å². The molecule has 1 amide bonds. The van der Waals surface area contributed by atoms with E-state index in [1.807, 2.05) is 6.07 Å². The third-order valence-corrected chi connectivity index (χ3v) is 3.90. The molecule has 2 N–H and O–H groups in total. The molecule has 1 aromatic heterocycles. The molecule has 27 heavy (non-hydrogen) atoms. The lowest BCUT2D eigenvalue weighted by Gasteiger charge is -2.09. The van der Waals surface area contributed by atoms with Gasteiger partial charge in [0.15, 0.2) is 0 Å². The van der Waals surface area contributed by atoms with E-state index in [9.17, 15) is 9.18 Å². The molecule has 0 fully saturated rings. The summed E-state index contributed by atoms with van der Waals surface area (Å²) >= 11 is 0. The third kappa shape index (κ3) is 5.13. The lowest BCUT2D eigenvalue weighted by molar-refractivity contribution is 0.102. The summed E-state index contributed by atoms with van der Waals surface area (Å²) in [7, 11) is 0. The Balaban J connectivity index is 1.59. The Bertz CT molecular complexity index is 980. The van der Waals surface area contributed by atoms with E-state index >= 15 is 0 Å². The van der Waals surface area contributed by atoms with Crippen molar-refractivity contribution in [2.75, 3.05) is 17.2 Å². The number of nitrogens with zero attached hydrogens (tertiary/aromatic N) is 2. The molecule has 0 saturated heterocycles. The summed E-state index contributed by atoms with van der Waals surface area (Å²) in [4.78, 5) is 16.6. The maximum atomic E-state index is 12.9. The van der Waals surface area contributed by atoms with Crippen LogP contribution in [0.3, 0.4) is 0 Å². The number of aromatic nitrogens is 1. The minimum atomic E-state index is -0.283. The molecule has 3 rings (SSSR count). The number of nitriles is 1. The number of amides is 1. The second kappa shape index (κ2) is 8.59. The molecule has 6 heteroatoms. The number of halogens is 1. The summed E-state index contributed by atoms with van der Waals surface area (Å²) in [6.45, 7) is 0.605. The minimum absolute atomic E-state index is 0.257. The average molecular weight is 360 g/mol. The van der Waals surface area contributed by atoms with Crippen molar-refractivity contribution >= 4 is 17.4 Å². The zero-order chi connectivity index (χ0) is 19.1. The fraction of sp³-hybridized carbons (Fsp3) is 0.0952. The fourth-order valence-corrected chi connectivity index (χ4v) is 2.52. The van der Waals surface area contributed by atoms with E-state index in [-0.39, 0.29) is 11.7 Å². The van der Waals surface area contributed by atoms with Gasteiger partial charge in [0, 0.05) is 24.0 Å². The van der Waals surface area contributed by atoms with Crippen molar-refractivity contribution in [1.82, 2.24) is 4.98 Å². The summed E-state index contributed by atoms with van der Waals surface area (Å²) in [5.74, 6) is 0.0389. The van der Waals surface area contributed by atoms with Crippen LogP contribution in [0.25, 0.3) is 0 Å². The zero-order valence-corrected chi connectivity index (χ0v) is 14.4. The van der Waals surface area contributed by atoms with Crippen LogP contribution in [-0.4, -0.2) is 17.4 Å². The smallest absolute Gasteiger partial charge is 0.255 e. The highest BCUT2D eigenvalue weighted by molar-refractivity contribution is 6.04. The van der Waals surface area contributed by atoms with Gasteiger partial charge in [-0.1, -0.05) is 18.2 Å². The normalized spacial score (nSPS) is 10.1. The van der Waals surface area contributed by atoms with Gasteiger partial charge in [-0.3, -0.25) is 4.79 Å². The van der Waals surface area contributed by atoms with Crippen LogP contribution >= 0.6 is 0 Å². The molecular weight excluding hydrogens is 343 g/mol. The lowest BCUT2D eigenvalue weighted by atomic mass is 10.1. The molecular formula is C21H17FN4O. The highest BCUT2D eigenvalue weighted by atomic mass is 19.1. The maximum absolute atomic E-state index is 12.9. The van der Waals surface area contributed by atoms with Crippen LogP contribution in [-0.2, 0) is 6.42 Å². The van der Waals surface area contributed by atoms with Gasteiger partial charge in [-0.05, 0) is 54.4 Å². The van der Waals surface area contributed by atoms with E-state index in [0.29, 0.717) is 35.6 Å². The summed E-state index contributed by atoms with van der Waals surface area (Å²) in [6, 6.07) is 18.4. The van der Waals surface area contributed by atoms with Crippen LogP contribution < -0.4 is 10.6 Å². The molecule has 0 aliphatic carbocycles. The summed E-state index contributed by atoms with van der Waals surface area (Å²) < 4.78 is 12.9. The monoisotopic (exact) mass is 360 g/mol. The summed E-state index contributed by atoms with van der Waals surface area (Å²) in [5.41, 5.74) is 2.50. The molecule has 0 radical (unpaired) electrons. The van der Waals surface area contributed by atoms with Crippen molar-refractivity contribution in [3.05, 3.63) is 89.4 Å². The minimum Gasteiger partial charge on any atom is -0.370 e. The lowest BCUT2D eigenvalue weighted by Crippen LogP contribution is -2.13. The van der Waals surface area contributed by atoms with Crippen LogP contribution in [0.2, 0.25) is 0 Å². The number of benzene rings is 2. The largest absolute Gasteiger partial charge is 0.370 e. The molecule has 0 aliphatic rings. The Kier molecular flexibility index (Phi) is 5.75. The summed E-state index contributed by atoms with van der Waals surface area (Å²) in [5, 5.41) is 14.9. The number of carbonyl (C=O) groups excluding carboxylic acids is 1. The van der Waals surface area contributed by atoms with Crippen LogP contribution in [0.1, 0.15) is 21.5 Å². The Hall–Kier alpha value is -3.72. The number of hydrogen-bond donors (Lipinski definition) is 2. The SMILES string of the molecule is N#Cc1cccc(NC(=O)c2ccnc(NCCc3ccc(F)cc3)c2)c1. The van der Waals surface area contributed by atoms with E-state index in [1.54, 1.807) is 54.7 Å². The first kappa shape index (κ1) is 18.1. The predicted octanol–water partition coefficient (Wildman–Crippen LogP) is 4.00. The van der Waals surface area contributed by atoms with Crippen LogP contribution in [0.4, 0.5) is 15.9 Å². The van der Waals surface area contributed by atoms with Crippen LogP contribution in [0.5, 0.6) is 0 Å². The molecule has 134 valence electrons. The number of rotatable bonds is 6. The first-order valence-electron chi connectivity index (χ1n) is 8.40. The van der Waals surface area contributed by atoms with E-state index in [4.69, 9.17) is 5.26 Å². The van der Waals surface area contributed by atoms with Gasteiger partial charge in [-0.15, -0.1) is 0 Å². The number of pyridine rings is 1. The maximum Gasteiger partial charge on any atom is 0.255 e. The highest BCUT2D eigenvalue weighted by Crippen LogP contribution is 2.13. The molecule has 1 heterocycles. The Morgan fingerprint density at radius 1 is 1.11 bits per heavy atom. The third-order valence-electron chi connectivity index (χ3n) is 3.90. The predicted molar refractivity (Wildman–Crippen MR) is 102 cm³/mol.